The number of fused-ring (bicyclic) bond motifs is 1. The first-order chi connectivity index (χ1) is 9.20. The largest absolute Gasteiger partial charge is 0.327 e. The monoisotopic (exact) mass is 272 g/mol. The molecule has 0 radical (unpaired) electrons. The van der Waals surface area contributed by atoms with Gasteiger partial charge < -0.3 is 5.73 Å². The van der Waals surface area contributed by atoms with Crippen LogP contribution in [0.1, 0.15) is 33.8 Å². The molecule has 3 heteroatoms. The van der Waals surface area contributed by atoms with Gasteiger partial charge in [-0.15, -0.1) is 11.3 Å². The fraction of sp³-hybridized carbons (Fsp3) is 0.438. The molecule has 2 nitrogen and oxygen atoms in total. The van der Waals surface area contributed by atoms with Gasteiger partial charge in [-0.25, -0.2) is 4.98 Å². The fourth-order valence-electron chi connectivity index (χ4n) is 2.85. The Labute approximate surface area is 118 Å². The van der Waals surface area contributed by atoms with Gasteiger partial charge in [-0.2, -0.15) is 0 Å². The molecule has 1 aromatic carbocycles. The zero-order valence-corrected chi connectivity index (χ0v) is 12.2. The van der Waals surface area contributed by atoms with Crippen molar-refractivity contribution in [1.29, 1.82) is 0 Å². The van der Waals surface area contributed by atoms with Crippen molar-refractivity contribution >= 4 is 11.3 Å². The second-order valence-corrected chi connectivity index (χ2v) is 6.45. The number of nitrogens with two attached hydrogens (primary N) is 1. The summed E-state index contributed by atoms with van der Waals surface area (Å²) in [5, 5.41) is 3.25. The average Bonchev–Trinajstić information content (AvgIpc) is 2.97. The molecule has 2 aromatic rings. The van der Waals surface area contributed by atoms with Crippen molar-refractivity contribution in [2.45, 2.75) is 45.1 Å². The zero-order chi connectivity index (χ0) is 13.2. The Morgan fingerprint density at radius 3 is 2.89 bits per heavy atom. The summed E-state index contributed by atoms with van der Waals surface area (Å²) in [6.07, 6.45) is 5.63. The first-order valence-corrected chi connectivity index (χ1v) is 7.86. The van der Waals surface area contributed by atoms with Crippen molar-refractivity contribution < 1.29 is 0 Å². The minimum absolute atomic E-state index is 0.171. The van der Waals surface area contributed by atoms with E-state index in [9.17, 15) is 0 Å². The summed E-state index contributed by atoms with van der Waals surface area (Å²) in [7, 11) is 0. The summed E-state index contributed by atoms with van der Waals surface area (Å²) in [6.45, 7) is 2.03. The van der Waals surface area contributed by atoms with Gasteiger partial charge >= 0.3 is 0 Å². The van der Waals surface area contributed by atoms with E-state index in [0.29, 0.717) is 0 Å². The number of hydrogen-bond donors (Lipinski definition) is 1. The molecule has 0 fully saturated rings. The number of aryl methyl sites for hydroxylation is 3. The lowest BCUT2D eigenvalue weighted by Crippen LogP contribution is -2.25. The SMILES string of the molecule is Cc1csc(CC(N)Cc2ccc3c(c2)CCC3)n1. The lowest BCUT2D eigenvalue weighted by Gasteiger charge is -2.11. The van der Waals surface area contributed by atoms with Crippen molar-refractivity contribution in [3.05, 3.63) is 51.0 Å². The highest BCUT2D eigenvalue weighted by Crippen LogP contribution is 2.23. The Kier molecular flexibility index (Phi) is 3.67. The fourth-order valence-corrected chi connectivity index (χ4v) is 3.71. The number of aromatic nitrogens is 1. The Morgan fingerprint density at radius 1 is 1.26 bits per heavy atom. The standard InChI is InChI=1S/C16H20N2S/c1-11-10-19-16(18-11)9-15(17)8-12-5-6-13-3-2-4-14(13)7-12/h5-7,10,15H,2-4,8-9,17H2,1H3. The van der Waals surface area contributed by atoms with Crippen molar-refractivity contribution in [1.82, 2.24) is 4.98 Å². The number of nitrogens with zero attached hydrogens (tertiary/aromatic N) is 1. The smallest absolute Gasteiger partial charge is 0.0943 e. The molecule has 1 aliphatic carbocycles. The van der Waals surface area contributed by atoms with E-state index < -0.39 is 0 Å². The van der Waals surface area contributed by atoms with Crippen LogP contribution in [0.15, 0.2) is 23.6 Å². The maximum atomic E-state index is 6.26. The maximum Gasteiger partial charge on any atom is 0.0943 e. The van der Waals surface area contributed by atoms with E-state index in [2.05, 4.69) is 28.6 Å². The Balaban J connectivity index is 1.64. The summed E-state index contributed by atoms with van der Waals surface area (Å²) in [5.74, 6) is 0. The van der Waals surface area contributed by atoms with Crippen LogP contribution in [0.2, 0.25) is 0 Å². The number of thiazole rings is 1. The molecule has 1 unspecified atom stereocenters. The lowest BCUT2D eigenvalue weighted by atomic mass is 10.00. The quantitative estimate of drug-likeness (QED) is 0.929. The molecule has 100 valence electrons. The first-order valence-electron chi connectivity index (χ1n) is 6.98. The molecule has 0 saturated carbocycles. The third kappa shape index (κ3) is 3.04. The van der Waals surface area contributed by atoms with E-state index in [1.165, 1.54) is 36.0 Å². The molecule has 0 aliphatic heterocycles. The molecule has 2 N–H and O–H groups in total. The van der Waals surface area contributed by atoms with Crippen LogP contribution in [0, 0.1) is 6.92 Å². The molecular formula is C16H20N2S. The molecule has 1 aromatic heterocycles. The summed E-state index contributed by atoms with van der Waals surface area (Å²) >= 11 is 1.72. The Morgan fingerprint density at radius 2 is 2.11 bits per heavy atom. The van der Waals surface area contributed by atoms with Crippen LogP contribution in [-0.4, -0.2) is 11.0 Å². The van der Waals surface area contributed by atoms with Crippen LogP contribution >= 0.6 is 11.3 Å². The van der Waals surface area contributed by atoms with E-state index in [1.807, 2.05) is 6.92 Å². The molecule has 0 bridgehead atoms. The molecule has 3 rings (SSSR count). The molecule has 0 amide bonds. The number of rotatable bonds is 4. The summed E-state index contributed by atoms with van der Waals surface area (Å²) < 4.78 is 0. The van der Waals surface area contributed by atoms with Crippen molar-refractivity contribution in [3.63, 3.8) is 0 Å². The van der Waals surface area contributed by atoms with E-state index in [4.69, 9.17) is 5.73 Å². The Bertz CT molecular complexity index is 574. The average molecular weight is 272 g/mol. The first kappa shape index (κ1) is 12.8. The molecule has 1 aliphatic rings. The van der Waals surface area contributed by atoms with Gasteiger partial charge in [0.05, 0.1) is 5.01 Å². The third-order valence-electron chi connectivity index (χ3n) is 3.76. The van der Waals surface area contributed by atoms with Crippen LogP contribution < -0.4 is 5.73 Å². The van der Waals surface area contributed by atoms with Gasteiger partial charge in [0.1, 0.15) is 0 Å². The topological polar surface area (TPSA) is 38.9 Å². The van der Waals surface area contributed by atoms with E-state index in [0.717, 1.165) is 23.5 Å². The highest BCUT2D eigenvalue weighted by Gasteiger charge is 2.13. The van der Waals surface area contributed by atoms with Crippen LogP contribution in [0.5, 0.6) is 0 Å². The van der Waals surface area contributed by atoms with Gasteiger partial charge in [0.25, 0.3) is 0 Å². The number of benzene rings is 1. The Hall–Kier alpha value is -1.19. The molecule has 1 heterocycles. The van der Waals surface area contributed by atoms with Crippen LogP contribution in [0.4, 0.5) is 0 Å². The molecular weight excluding hydrogens is 252 g/mol. The van der Waals surface area contributed by atoms with Crippen molar-refractivity contribution in [3.8, 4) is 0 Å². The maximum absolute atomic E-state index is 6.26. The predicted molar refractivity (Wildman–Crippen MR) is 80.7 cm³/mol. The third-order valence-corrected chi connectivity index (χ3v) is 4.75. The minimum atomic E-state index is 0.171. The van der Waals surface area contributed by atoms with Crippen LogP contribution in [0.3, 0.4) is 0 Å². The highest BCUT2D eigenvalue weighted by molar-refractivity contribution is 7.09. The van der Waals surface area contributed by atoms with E-state index in [1.54, 1.807) is 11.3 Å². The van der Waals surface area contributed by atoms with Gasteiger partial charge in [0.15, 0.2) is 0 Å². The predicted octanol–water partition coefficient (Wildman–Crippen LogP) is 3.05. The zero-order valence-electron chi connectivity index (χ0n) is 11.4. The molecule has 19 heavy (non-hydrogen) atoms. The molecule has 0 spiro atoms. The molecule has 0 saturated heterocycles. The van der Waals surface area contributed by atoms with Crippen LogP contribution in [0.25, 0.3) is 0 Å². The molecule has 1 atom stereocenters. The summed E-state index contributed by atoms with van der Waals surface area (Å²) in [6, 6.07) is 7.06. The second kappa shape index (κ2) is 5.43. The van der Waals surface area contributed by atoms with Gasteiger partial charge in [-0.1, -0.05) is 18.2 Å². The van der Waals surface area contributed by atoms with E-state index in [-0.39, 0.29) is 6.04 Å². The van der Waals surface area contributed by atoms with Crippen LogP contribution in [-0.2, 0) is 25.7 Å². The lowest BCUT2D eigenvalue weighted by molar-refractivity contribution is 0.661. The van der Waals surface area contributed by atoms with E-state index >= 15 is 0 Å². The normalized spacial score (nSPS) is 15.5. The van der Waals surface area contributed by atoms with Crippen molar-refractivity contribution in [2.24, 2.45) is 5.73 Å². The second-order valence-electron chi connectivity index (χ2n) is 5.51. The van der Waals surface area contributed by atoms with Gasteiger partial charge in [0.2, 0.25) is 0 Å². The number of hydrogen-bond acceptors (Lipinski definition) is 3. The highest BCUT2D eigenvalue weighted by atomic mass is 32.1. The summed E-state index contributed by atoms with van der Waals surface area (Å²) in [5.41, 5.74) is 11.8. The van der Waals surface area contributed by atoms with Crippen molar-refractivity contribution in [2.75, 3.05) is 0 Å². The summed E-state index contributed by atoms with van der Waals surface area (Å²) in [4.78, 5) is 4.49. The minimum Gasteiger partial charge on any atom is -0.327 e. The van der Waals surface area contributed by atoms with Gasteiger partial charge in [-0.05, 0) is 49.3 Å². The van der Waals surface area contributed by atoms with Gasteiger partial charge in [-0.3, -0.25) is 0 Å². The van der Waals surface area contributed by atoms with Gasteiger partial charge in [0, 0.05) is 23.5 Å².